The van der Waals surface area contributed by atoms with Crippen LogP contribution in [0.15, 0.2) is 24.4 Å². The molecule has 1 rings (SSSR count). The lowest BCUT2D eigenvalue weighted by atomic mass is 10.3. The van der Waals surface area contributed by atoms with E-state index in [0.717, 1.165) is 18.9 Å². The van der Waals surface area contributed by atoms with E-state index in [9.17, 15) is 0 Å². The molecule has 0 aliphatic carbocycles. The van der Waals surface area contributed by atoms with Crippen LogP contribution in [0.5, 0.6) is 0 Å². The first-order chi connectivity index (χ1) is 5.88. The van der Waals surface area contributed by atoms with Crippen LogP contribution in [0.25, 0.3) is 0 Å². The maximum absolute atomic E-state index is 4.29. The molecule has 2 nitrogen and oxygen atoms in total. The van der Waals surface area contributed by atoms with Gasteiger partial charge in [0.2, 0.25) is 0 Å². The number of pyridine rings is 1. The molecule has 0 saturated heterocycles. The zero-order valence-corrected chi connectivity index (χ0v) is 7.83. The average molecular weight is 164 g/mol. The summed E-state index contributed by atoms with van der Waals surface area (Å²) in [6.45, 7) is 6.47. The number of aromatic nitrogens is 1. The second kappa shape index (κ2) is 4.75. The summed E-state index contributed by atoms with van der Waals surface area (Å²) in [4.78, 5) is 6.57. The Kier molecular flexibility index (Phi) is 3.58. The predicted octanol–water partition coefficient (Wildman–Crippen LogP) is 2.32. The number of hydrogen-bond donors (Lipinski definition) is 0. The normalized spacial score (nSPS) is 9.83. The maximum Gasteiger partial charge on any atom is 0.128 e. The summed E-state index contributed by atoms with van der Waals surface area (Å²) < 4.78 is 0. The van der Waals surface area contributed by atoms with E-state index in [1.54, 1.807) is 0 Å². The number of anilines is 1. The second-order valence-corrected chi connectivity index (χ2v) is 2.77. The number of nitrogens with zero attached hydrogens (tertiary/aromatic N) is 2. The standard InChI is InChI=1S/C10H16N2/c1-3-9-12(4-2)10-7-5-6-8-11-10/h5-8H,3-4,9H2,1-2H3. The SMILES string of the molecule is CCCN(CC)c1ccccn1. The van der Waals surface area contributed by atoms with E-state index < -0.39 is 0 Å². The molecule has 0 fully saturated rings. The van der Waals surface area contributed by atoms with Gasteiger partial charge in [-0.1, -0.05) is 13.0 Å². The Labute approximate surface area is 74.2 Å². The molecule has 66 valence electrons. The van der Waals surface area contributed by atoms with Gasteiger partial charge in [0.25, 0.3) is 0 Å². The fraction of sp³-hybridized carbons (Fsp3) is 0.500. The quantitative estimate of drug-likeness (QED) is 0.679. The molecule has 0 aliphatic heterocycles. The van der Waals surface area contributed by atoms with Crippen LogP contribution in [0.2, 0.25) is 0 Å². The van der Waals surface area contributed by atoms with Gasteiger partial charge in [0, 0.05) is 19.3 Å². The highest BCUT2D eigenvalue weighted by atomic mass is 15.2. The summed E-state index contributed by atoms with van der Waals surface area (Å²) in [5.74, 6) is 1.09. The van der Waals surface area contributed by atoms with Crippen molar-refractivity contribution in [3.8, 4) is 0 Å². The van der Waals surface area contributed by atoms with Crippen molar-refractivity contribution in [2.75, 3.05) is 18.0 Å². The monoisotopic (exact) mass is 164 g/mol. The third-order valence-electron chi connectivity index (χ3n) is 1.85. The van der Waals surface area contributed by atoms with Crippen molar-refractivity contribution in [2.45, 2.75) is 20.3 Å². The lowest BCUT2D eigenvalue weighted by molar-refractivity contribution is 0.779. The van der Waals surface area contributed by atoms with Gasteiger partial charge in [0.15, 0.2) is 0 Å². The van der Waals surface area contributed by atoms with E-state index in [1.807, 2.05) is 18.3 Å². The minimum atomic E-state index is 1.03. The second-order valence-electron chi connectivity index (χ2n) is 2.77. The molecule has 1 heterocycles. The molecular formula is C10H16N2. The predicted molar refractivity (Wildman–Crippen MR) is 52.4 cm³/mol. The lowest BCUT2D eigenvalue weighted by Crippen LogP contribution is -2.24. The van der Waals surface area contributed by atoms with E-state index in [0.29, 0.717) is 0 Å². The fourth-order valence-corrected chi connectivity index (χ4v) is 1.25. The molecule has 0 unspecified atom stereocenters. The summed E-state index contributed by atoms with van der Waals surface area (Å²) in [7, 11) is 0. The molecule has 0 N–H and O–H groups in total. The van der Waals surface area contributed by atoms with Crippen molar-refractivity contribution in [1.29, 1.82) is 0 Å². The third kappa shape index (κ3) is 2.22. The molecule has 0 atom stereocenters. The first kappa shape index (κ1) is 9.04. The largest absolute Gasteiger partial charge is 0.357 e. The Hall–Kier alpha value is -1.05. The molecule has 0 spiro atoms. The Morgan fingerprint density at radius 2 is 2.17 bits per heavy atom. The fourth-order valence-electron chi connectivity index (χ4n) is 1.25. The van der Waals surface area contributed by atoms with Gasteiger partial charge in [-0.2, -0.15) is 0 Å². The van der Waals surface area contributed by atoms with Crippen LogP contribution < -0.4 is 4.90 Å². The van der Waals surface area contributed by atoms with Crippen molar-refractivity contribution in [1.82, 2.24) is 4.98 Å². The van der Waals surface area contributed by atoms with E-state index in [4.69, 9.17) is 0 Å². The van der Waals surface area contributed by atoms with Gasteiger partial charge in [0.1, 0.15) is 5.82 Å². The van der Waals surface area contributed by atoms with Gasteiger partial charge in [-0.05, 0) is 25.5 Å². The molecule has 0 aliphatic rings. The Bertz CT molecular complexity index is 208. The topological polar surface area (TPSA) is 16.1 Å². The highest BCUT2D eigenvalue weighted by Gasteiger charge is 2.01. The molecule has 2 heteroatoms. The highest BCUT2D eigenvalue weighted by molar-refractivity contribution is 5.36. The highest BCUT2D eigenvalue weighted by Crippen LogP contribution is 2.08. The third-order valence-corrected chi connectivity index (χ3v) is 1.85. The molecular weight excluding hydrogens is 148 g/mol. The van der Waals surface area contributed by atoms with Crippen molar-refractivity contribution in [3.63, 3.8) is 0 Å². The maximum atomic E-state index is 4.29. The molecule has 1 aromatic rings. The van der Waals surface area contributed by atoms with Crippen LogP contribution in [0.1, 0.15) is 20.3 Å². The van der Waals surface area contributed by atoms with Crippen LogP contribution in [-0.4, -0.2) is 18.1 Å². The van der Waals surface area contributed by atoms with E-state index in [1.165, 1.54) is 6.42 Å². The molecule has 0 radical (unpaired) electrons. The number of rotatable bonds is 4. The summed E-state index contributed by atoms with van der Waals surface area (Å²) in [6.07, 6.45) is 3.01. The van der Waals surface area contributed by atoms with Crippen LogP contribution in [0.3, 0.4) is 0 Å². The van der Waals surface area contributed by atoms with E-state index in [2.05, 4.69) is 29.8 Å². The molecule has 1 aromatic heterocycles. The van der Waals surface area contributed by atoms with Gasteiger partial charge in [-0.15, -0.1) is 0 Å². The van der Waals surface area contributed by atoms with Gasteiger partial charge in [0.05, 0.1) is 0 Å². The van der Waals surface area contributed by atoms with Crippen LogP contribution in [0.4, 0.5) is 5.82 Å². The summed E-state index contributed by atoms with van der Waals surface area (Å²) in [6, 6.07) is 6.03. The Balaban J connectivity index is 2.66. The van der Waals surface area contributed by atoms with Gasteiger partial charge in [-0.25, -0.2) is 4.98 Å². The smallest absolute Gasteiger partial charge is 0.128 e. The van der Waals surface area contributed by atoms with Gasteiger partial charge >= 0.3 is 0 Å². The van der Waals surface area contributed by atoms with Crippen molar-refractivity contribution >= 4 is 5.82 Å². The van der Waals surface area contributed by atoms with Crippen LogP contribution in [0, 0.1) is 0 Å². The lowest BCUT2D eigenvalue weighted by Gasteiger charge is -2.20. The van der Waals surface area contributed by atoms with Crippen LogP contribution >= 0.6 is 0 Å². The minimum Gasteiger partial charge on any atom is -0.357 e. The van der Waals surface area contributed by atoms with Gasteiger partial charge < -0.3 is 4.90 Å². The number of hydrogen-bond acceptors (Lipinski definition) is 2. The summed E-state index contributed by atoms with van der Waals surface area (Å²) >= 11 is 0. The molecule has 0 amide bonds. The molecule has 0 saturated carbocycles. The zero-order valence-electron chi connectivity index (χ0n) is 7.83. The Morgan fingerprint density at radius 3 is 2.67 bits per heavy atom. The molecule has 0 aromatic carbocycles. The molecule has 12 heavy (non-hydrogen) atoms. The first-order valence-corrected chi connectivity index (χ1v) is 4.54. The van der Waals surface area contributed by atoms with Crippen LogP contribution in [-0.2, 0) is 0 Å². The van der Waals surface area contributed by atoms with E-state index in [-0.39, 0.29) is 0 Å². The van der Waals surface area contributed by atoms with Crippen molar-refractivity contribution in [3.05, 3.63) is 24.4 Å². The van der Waals surface area contributed by atoms with E-state index >= 15 is 0 Å². The summed E-state index contributed by atoms with van der Waals surface area (Å²) in [5.41, 5.74) is 0. The Morgan fingerprint density at radius 1 is 1.33 bits per heavy atom. The zero-order chi connectivity index (χ0) is 8.81. The minimum absolute atomic E-state index is 1.03. The van der Waals surface area contributed by atoms with Gasteiger partial charge in [-0.3, -0.25) is 0 Å². The molecule has 0 bridgehead atoms. The van der Waals surface area contributed by atoms with Crippen molar-refractivity contribution < 1.29 is 0 Å². The average Bonchev–Trinajstić information content (AvgIpc) is 2.15. The summed E-state index contributed by atoms with van der Waals surface area (Å²) in [5, 5.41) is 0. The first-order valence-electron chi connectivity index (χ1n) is 4.54. The van der Waals surface area contributed by atoms with Crippen molar-refractivity contribution in [2.24, 2.45) is 0 Å².